The molecule has 0 atom stereocenters. The van der Waals surface area contributed by atoms with Gasteiger partial charge in [0.1, 0.15) is 5.69 Å². The Labute approximate surface area is 94.9 Å². The number of anilines is 1. The predicted octanol–water partition coefficient (Wildman–Crippen LogP) is 3.17. The van der Waals surface area contributed by atoms with Gasteiger partial charge in [0.25, 0.3) is 5.82 Å². The molecule has 0 radical (unpaired) electrons. The first-order chi connectivity index (χ1) is 7.77. The molecule has 1 heterocycles. The second-order valence-electron chi connectivity index (χ2n) is 3.56. The van der Waals surface area contributed by atoms with Crippen LogP contribution >= 0.6 is 0 Å². The van der Waals surface area contributed by atoms with E-state index in [1.165, 1.54) is 0 Å². The van der Waals surface area contributed by atoms with Gasteiger partial charge >= 0.3 is 0 Å². The molecule has 0 aliphatic rings. The van der Waals surface area contributed by atoms with Gasteiger partial charge in [-0.2, -0.15) is 0 Å². The number of nitrogen functional groups attached to an aromatic ring is 1. The van der Waals surface area contributed by atoms with Gasteiger partial charge in [-0.1, -0.05) is 31.7 Å². The molecule has 16 heavy (non-hydrogen) atoms. The molecule has 0 unspecified atom stereocenters. The zero-order chi connectivity index (χ0) is 11.5. The molecule has 0 saturated carbocycles. The highest BCUT2D eigenvalue weighted by atomic mass is 15.1. The van der Waals surface area contributed by atoms with Gasteiger partial charge in [-0.25, -0.2) is 0 Å². The van der Waals surface area contributed by atoms with E-state index in [1.807, 2.05) is 48.0 Å². The number of nitrogens with two attached hydrogens (primary N) is 1. The summed E-state index contributed by atoms with van der Waals surface area (Å²) in [5.74, 6) is 0.503. The van der Waals surface area contributed by atoms with Crippen LogP contribution in [0.5, 0.6) is 0 Å². The summed E-state index contributed by atoms with van der Waals surface area (Å²) < 4.78 is 1.85. The first-order valence-corrected chi connectivity index (χ1v) is 5.20. The van der Waals surface area contributed by atoms with Crippen molar-refractivity contribution in [2.75, 3.05) is 5.73 Å². The van der Waals surface area contributed by atoms with E-state index in [1.54, 1.807) is 0 Å². The van der Waals surface area contributed by atoms with Crippen LogP contribution in [0.2, 0.25) is 0 Å². The fraction of sp³-hybridized carbons (Fsp3) is 0.154. The zero-order valence-electron chi connectivity index (χ0n) is 9.14. The number of benzene rings is 1. The van der Waals surface area contributed by atoms with Crippen molar-refractivity contribution in [3.05, 3.63) is 53.5 Å². The highest BCUT2D eigenvalue weighted by molar-refractivity contribution is 5.71. The third-order valence-electron chi connectivity index (χ3n) is 2.62. The molecule has 0 saturated heterocycles. The molecule has 3 heteroatoms. The van der Waals surface area contributed by atoms with Crippen molar-refractivity contribution in [1.82, 2.24) is 4.57 Å². The zero-order valence-corrected chi connectivity index (χ0v) is 9.14. The molecule has 1 aromatic carbocycles. The maximum absolute atomic E-state index is 7.19. The van der Waals surface area contributed by atoms with Gasteiger partial charge in [0, 0.05) is 5.56 Å². The van der Waals surface area contributed by atoms with Crippen LogP contribution in [-0.2, 0) is 6.42 Å². The van der Waals surface area contributed by atoms with E-state index >= 15 is 0 Å². The highest BCUT2D eigenvalue weighted by Crippen LogP contribution is 2.31. The van der Waals surface area contributed by atoms with Crippen LogP contribution in [0.1, 0.15) is 12.5 Å². The van der Waals surface area contributed by atoms with Gasteiger partial charge in [-0.05, 0) is 18.6 Å². The molecular formula is C13H13N3. The smallest absolute Gasteiger partial charge is 0.258 e. The summed E-state index contributed by atoms with van der Waals surface area (Å²) in [5.41, 5.74) is 8.52. The summed E-state index contributed by atoms with van der Waals surface area (Å²) in [7, 11) is 0. The van der Waals surface area contributed by atoms with Gasteiger partial charge in [-0.15, -0.1) is 0 Å². The predicted molar refractivity (Wildman–Crippen MR) is 65.8 cm³/mol. The Morgan fingerprint density at radius 3 is 2.56 bits per heavy atom. The van der Waals surface area contributed by atoms with Crippen LogP contribution in [-0.4, -0.2) is 4.57 Å². The minimum absolute atomic E-state index is 0.503. The molecule has 0 amide bonds. The molecule has 2 N–H and O–H groups in total. The maximum atomic E-state index is 7.19. The fourth-order valence-corrected chi connectivity index (χ4v) is 1.74. The molecule has 2 rings (SSSR count). The number of aromatic nitrogens is 1. The lowest BCUT2D eigenvalue weighted by atomic mass is 10.2. The fourth-order valence-electron chi connectivity index (χ4n) is 1.74. The van der Waals surface area contributed by atoms with Crippen LogP contribution in [0.15, 0.2) is 36.5 Å². The third-order valence-corrected chi connectivity index (χ3v) is 2.62. The topological polar surface area (TPSA) is 35.3 Å². The summed E-state index contributed by atoms with van der Waals surface area (Å²) in [6.45, 7) is 9.22. The average Bonchev–Trinajstić information content (AvgIpc) is 2.66. The van der Waals surface area contributed by atoms with Crippen molar-refractivity contribution in [1.29, 1.82) is 0 Å². The van der Waals surface area contributed by atoms with Crippen molar-refractivity contribution in [2.24, 2.45) is 0 Å². The highest BCUT2D eigenvalue weighted by Gasteiger charge is 2.14. The normalized spacial score (nSPS) is 10.0. The van der Waals surface area contributed by atoms with Crippen LogP contribution in [0, 0.1) is 6.57 Å². The quantitative estimate of drug-likeness (QED) is 0.761. The van der Waals surface area contributed by atoms with Crippen molar-refractivity contribution < 1.29 is 0 Å². The van der Waals surface area contributed by atoms with Gasteiger partial charge < -0.3 is 10.6 Å². The lowest BCUT2D eigenvalue weighted by Gasteiger charge is -2.00. The third kappa shape index (κ3) is 1.55. The Kier molecular flexibility index (Phi) is 2.65. The Hall–Kier alpha value is -2.21. The standard InChI is InChI=1S/C13H13N3/c1-3-10-9-16(13(15-2)12(10)14)11-7-5-4-6-8-11/h4-9H,3,14H2,1H3. The van der Waals surface area contributed by atoms with Crippen molar-refractivity contribution in [3.8, 4) is 5.69 Å². The molecule has 0 spiro atoms. The number of rotatable bonds is 2. The molecule has 2 aromatic rings. The van der Waals surface area contributed by atoms with Crippen molar-refractivity contribution in [3.63, 3.8) is 0 Å². The molecule has 80 valence electrons. The molecule has 3 nitrogen and oxygen atoms in total. The van der Waals surface area contributed by atoms with Gasteiger partial charge in [-0.3, -0.25) is 4.57 Å². The van der Waals surface area contributed by atoms with Crippen LogP contribution in [0.4, 0.5) is 11.5 Å². The summed E-state index contributed by atoms with van der Waals surface area (Å²) in [5, 5.41) is 0. The van der Waals surface area contributed by atoms with Crippen molar-refractivity contribution >= 4 is 11.5 Å². The summed E-state index contributed by atoms with van der Waals surface area (Å²) in [6, 6.07) is 9.78. The number of hydrogen-bond donors (Lipinski definition) is 1. The molecule has 0 aliphatic heterocycles. The first-order valence-electron chi connectivity index (χ1n) is 5.20. The van der Waals surface area contributed by atoms with Crippen LogP contribution < -0.4 is 5.73 Å². The summed E-state index contributed by atoms with van der Waals surface area (Å²) in [6.07, 6.45) is 2.78. The number of aryl methyl sites for hydroxylation is 1. The second kappa shape index (κ2) is 4.11. The van der Waals surface area contributed by atoms with E-state index in [9.17, 15) is 0 Å². The monoisotopic (exact) mass is 211 g/mol. The SMILES string of the molecule is [C-]#[N+]c1c(N)c(CC)cn1-c1ccccc1. The van der Waals surface area contributed by atoms with Gasteiger partial charge in [0.15, 0.2) is 0 Å². The molecular weight excluding hydrogens is 198 g/mol. The maximum Gasteiger partial charge on any atom is 0.258 e. The van der Waals surface area contributed by atoms with Gasteiger partial charge in [0.05, 0.1) is 11.9 Å². The number of para-hydroxylation sites is 1. The van der Waals surface area contributed by atoms with Crippen LogP contribution in [0.3, 0.4) is 0 Å². The lowest BCUT2D eigenvalue weighted by molar-refractivity contribution is 1.07. The Balaban J connectivity index is 2.63. The lowest BCUT2D eigenvalue weighted by Crippen LogP contribution is -1.90. The molecule has 1 aromatic heterocycles. The van der Waals surface area contributed by atoms with E-state index in [0.717, 1.165) is 17.7 Å². The Morgan fingerprint density at radius 2 is 2.00 bits per heavy atom. The van der Waals surface area contributed by atoms with E-state index in [0.29, 0.717) is 11.5 Å². The average molecular weight is 211 g/mol. The minimum Gasteiger partial charge on any atom is -0.406 e. The van der Waals surface area contributed by atoms with E-state index in [4.69, 9.17) is 12.3 Å². The summed E-state index contributed by atoms with van der Waals surface area (Å²) in [4.78, 5) is 3.50. The van der Waals surface area contributed by atoms with E-state index in [-0.39, 0.29) is 0 Å². The Morgan fingerprint density at radius 1 is 1.31 bits per heavy atom. The largest absolute Gasteiger partial charge is 0.406 e. The second-order valence-corrected chi connectivity index (χ2v) is 3.56. The first kappa shape index (κ1) is 10.3. The van der Waals surface area contributed by atoms with E-state index < -0.39 is 0 Å². The number of nitrogens with zero attached hydrogens (tertiary/aromatic N) is 2. The molecule has 0 bridgehead atoms. The Bertz CT molecular complexity index is 532. The van der Waals surface area contributed by atoms with Gasteiger partial charge in [0.2, 0.25) is 0 Å². The van der Waals surface area contributed by atoms with Crippen molar-refractivity contribution in [2.45, 2.75) is 13.3 Å². The minimum atomic E-state index is 0.503. The molecule has 0 fully saturated rings. The number of hydrogen-bond acceptors (Lipinski definition) is 1. The van der Waals surface area contributed by atoms with Crippen LogP contribution in [0.25, 0.3) is 10.5 Å². The van der Waals surface area contributed by atoms with E-state index in [2.05, 4.69) is 4.85 Å². The summed E-state index contributed by atoms with van der Waals surface area (Å²) >= 11 is 0. The molecule has 0 aliphatic carbocycles.